The molecule has 1 unspecified atom stereocenters. The molecule has 27 heavy (non-hydrogen) atoms. The molecule has 0 radical (unpaired) electrons. The summed E-state index contributed by atoms with van der Waals surface area (Å²) in [5, 5.41) is 5.36. The number of hydrogen-bond donors (Lipinski definition) is 2. The Morgan fingerprint density at radius 1 is 1.26 bits per heavy atom. The van der Waals surface area contributed by atoms with Gasteiger partial charge in [0.15, 0.2) is 0 Å². The van der Waals surface area contributed by atoms with Crippen molar-refractivity contribution in [2.75, 3.05) is 30.3 Å². The highest BCUT2D eigenvalue weighted by Crippen LogP contribution is 2.36. The average Bonchev–Trinajstić information content (AvgIpc) is 3.22. The van der Waals surface area contributed by atoms with E-state index in [1.807, 2.05) is 0 Å². The van der Waals surface area contributed by atoms with Gasteiger partial charge < -0.3 is 16.4 Å². The number of aromatic nitrogens is 4. The predicted octanol–water partition coefficient (Wildman–Crippen LogP) is 2.63. The molecule has 11 heteroatoms. The summed E-state index contributed by atoms with van der Waals surface area (Å²) in [5.41, 5.74) is 10.9. The maximum Gasteiger partial charge on any atom is 0.419 e. The summed E-state index contributed by atoms with van der Waals surface area (Å²) in [6, 6.07) is 0.982. The molecular formula is C16H18F3N7S. The minimum atomic E-state index is -4.57. The van der Waals surface area contributed by atoms with Gasteiger partial charge >= 0.3 is 6.18 Å². The van der Waals surface area contributed by atoms with Crippen molar-refractivity contribution in [2.24, 2.45) is 11.7 Å². The van der Waals surface area contributed by atoms with Crippen LogP contribution in [0, 0.1) is 5.92 Å². The molecule has 1 atom stereocenters. The van der Waals surface area contributed by atoms with Crippen LogP contribution in [0.15, 0.2) is 18.5 Å². The maximum absolute atomic E-state index is 13.1. The Hall–Kier alpha value is -2.40. The molecule has 3 aromatic heterocycles. The van der Waals surface area contributed by atoms with E-state index in [1.54, 1.807) is 4.52 Å². The van der Waals surface area contributed by atoms with Crippen molar-refractivity contribution in [1.82, 2.24) is 19.6 Å². The average molecular weight is 397 g/mol. The number of halogens is 3. The molecule has 4 N–H and O–H groups in total. The zero-order valence-corrected chi connectivity index (χ0v) is 15.1. The summed E-state index contributed by atoms with van der Waals surface area (Å²) in [5.74, 6) is -0.128. The van der Waals surface area contributed by atoms with Gasteiger partial charge in [-0.05, 0) is 31.4 Å². The number of fused-ring (bicyclic) bond motifs is 1. The molecule has 144 valence electrons. The van der Waals surface area contributed by atoms with Crippen molar-refractivity contribution in [3.8, 4) is 11.3 Å². The van der Waals surface area contributed by atoms with E-state index in [9.17, 15) is 13.2 Å². The lowest BCUT2D eigenvalue weighted by atomic mass is 9.99. The third kappa shape index (κ3) is 3.32. The first-order chi connectivity index (χ1) is 12.9. The van der Waals surface area contributed by atoms with Gasteiger partial charge in [0.1, 0.15) is 5.82 Å². The lowest BCUT2D eigenvalue weighted by molar-refractivity contribution is -0.137. The minimum absolute atomic E-state index is 0.263. The Morgan fingerprint density at radius 2 is 2.07 bits per heavy atom. The van der Waals surface area contributed by atoms with Crippen LogP contribution >= 0.6 is 11.3 Å². The standard InChI is InChI=1S/C16H18F3N7S/c17-16(18,19)11-4-10(6-22-13(11)21)12-7-23-14-26(12)24-15(27-14)25-3-1-2-9(5-20)8-25/h4,6-7,9H,1-3,5,8,20H2,(H2,21,22). The van der Waals surface area contributed by atoms with Gasteiger partial charge in [-0.25, -0.2) is 14.5 Å². The molecular weight excluding hydrogens is 379 g/mol. The maximum atomic E-state index is 13.1. The number of alkyl halides is 3. The van der Waals surface area contributed by atoms with E-state index in [0.29, 0.717) is 23.1 Å². The lowest BCUT2D eigenvalue weighted by Gasteiger charge is -2.31. The Morgan fingerprint density at radius 3 is 2.81 bits per heavy atom. The van der Waals surface area contributed by atoms with Crippen molar-refractivity contribution < 1.29 is 13.2 Å². The number of pyridine rings is 1. The topological polar surface area (TPSA) is 98.4 Å². The van der Waals surface area contributed by atoms with Crippen molar-refractivity contribution in [3.63, 3.8) is 0 Å². The summed E-state index contributed by atoms with van der Waals surface area (Å²) in [4.78, 5) is 10.8. The Balaban J connectivity index is 1.71. The minimum Gasteiger partial charge on any atom is -0.383 e. The fourth-order valence-corrected chi connectivity index (χ4v) is 4.19. The molecule has 3 aromatic rings. The molecule has 0 bridgehead atoms. The number of hydrogen-bond acceptors (Lipinski definition) is 7. The number of imidazole rings is 1. The molecule has 0 spiro atoms. The van der Waals surface area contributed by atoms with Crippen LogP contribution in [0.1, 0.15) is 18.4 Å². The van der Waals surface area contributed by atoms with E-state index in [4.69, 9.17) is 11.5 Å². The smallest absolute Gasteiger partial charge is 0.383 e. The third-order valence-electron chi connectivity index (χ3n) is 4.72. The fourth-order valence-electron chi connectivity index (χ4n) is 3.28. The van der Waals surface area contributed by atoms with Gasteiger partial charge in [-0.15, -0.1) is 5.10 Å². The second-order valence-electron chi connectivity index (χ2n) is 6.57. The first-order valence-corrected chi connectivity index (χ1v) is 9.31. The van der Waals surface area contributed by atoms with Crippen LogP contribution in [0.3, 0.4) is 0 Å². The van der Waals surface area contributed by atoms with Gasteiger partial charge in [0.25, 0.3) is 0 Å². The first-order valence-electron chi connectivity index (χ1n) is 8.49. The molecule has 0 aliphatic carbocycles. The van der Waals surface area contributed by atoms with E-state index < -0.39 is 17.6 Å². The Labute approximate surface area is 156 Å². The largest absolute Gasteiger partial charge is 0.419 e. The molecule has 1 saturated heterocycles. The number of nitrogens with zero attached hydrogens (tertiary/aromatic N) is 5. The third-order valence-corrected chi connectivity index (χ3v) is 5.70. The van der Waals surface area contributed by atoms with Crippen LogP contribution in [-0.4, -0.2) is 39.2 Å². The summed E-state index contributed by atoms with van der Waals surface area (Å²) < 4.78 is 40.9. The first kappa shape index (κ1) is 18.0. The highest BCUT2D eigenvalue weighted by Gasteiger charge is 2.34. The molecule has 1 aliphatic heterocycles. The van der Waals surface area contributed by atoms with E-state index >= 15 is 0 Å². The fraction of sp³-hybridized carbons (Fsp3) is 0.438. The van der Waals surface area contributed by atoms with Gasteiger partial charge in [0.2, 0.25) is 10.1 Å². The van der Waals surface area contributed by atoms with Crippen molar-refractivity contribution in [2.45, 2.75) is 19.0 Å². The summed E-state index contributed by atoms with van der Waals surface area (Å²) in [6.45, 7) is 2.33. The number of rotatable bonds is 3. The van der Waals surface area contributed by atoms with Crippen molar-refractivity contribution in [3.05, 3.63) is 24.0 Å². The van der Waals surface area contributed by atoms with Gasteiger partial charge in [0.05, 0.1) is 17.5 Å². The van der Waals surface area contributed by atoms with Crippen molar-refractivity contribution >= 4 is 27.2 Å². The molecule has 7 nitrogen and oxygen atoms in total. The van der Waals surface area contributed by atoms with Crippen LogP contribution < -0.4 is 16.4 Å². The molecule has 4 heterocycles. The van der Waals surface area contributed by atoms with Gasteiger partial charge in [-0.1, -0.05) is 11.3 Å². The molecule has 0 amide bonds. The lowest BCUT2D eigenvalue weighted by Crippen LogP contribution is -2.38. The summed E-state index contributed by atoms with van der Waals surface area (Å²) in [7, 11) is 0. The zero-order valence-electron chi connectivity index (χ0n) is 14.3. The van der Waals surface area contributed by atoms with Crippen LogP contribution in [0.2, 0.25) is 0 Å². The number of nitrogen functional groups attached to an aromatic ring is 1. The molecule has 1 fully saturated rings. The predicted molar refractivity (Wildman–Crippen MR) is 97.5 cm³/mol. The van der Waals surface area contributed by atoms with Crippen LogP contribution in [0.4, 0.5) is 24.1 Å². The van der Waals surface area contributed by atoms with Crippen LogP contribution in [0.5, 0.6) is 0 Å². The van der Waals surface area contributed by atoms with E-state index in [-0.39, 0.29) is 5.56 Å². The Bertz CT molecular complexity index is 965. The highest BCUT2D eigenvalue weighted by atomic mass is 32.1. The Kier molecular flexibility index (Phi) is 4.42. The summed E-state index contributed by atoms with van der Waals surface area (Å²) in [6.07, 6.45) is 0.355. The number of nitrogens with two attached hydrogens (primary N) is 2. The second kappa shape index (κ2) is 6.64. The second-order valence-corrected chi connectivity index (χ2v) is 7.50. The van der Waals surface area contributed by atoms with E-state index in [0.717, 1.165) is 37.1 Å². The SMILES string of the molecule is NCC1CCCN(c2nn3c(-c4cnc(N)c(C(F)(F)F)c4)cnc3s2)C1. The van der Waals surface area contributed by atoms with Crippen LogP contribution in [0.25, 0.3) is 16.2 Å². The summed E-state index contributed by atoms with van der Waals surface area (Å²) >= 11 is 1.40. The normalized spacial score (nSPS) is 18.4. The van der Waals surface area contributed by atoms with E-state index in [1.165, 1.54) is 23.7 Å². The monoisotopic (exact) mass is 397 g/mol. The van der Waals surface area contributed by atoms with E-state index in [2.05, 4.69) is 20.0 Å². The molecule has 0 saturated carbocycles. The number of anilines is 2. The highest BCUT2D eigenvalue weighted by molar-refractivity contribution is 7.20. The zero-order chi connectivity index (χ0) is 19.2. The van der Waals surface area contributed by atoms with Gasteiger partial charge in [-0.2, -0.15) is 13.2 Å². The van der Waals surface area contributed by atoms with Gasteiger partial charge in [-0.3, -0.25) is 0 Å². The molecule has 1 aliphatic rings. The van der Waals surface area contributed by atoms with Crippen LogP contribution in [-0.2, 0) is 6.18 Å². The number of piperidine rings is 1. The molecule has 0 aromatic carbocycles. The van der Waals surface area contributed by atoms with Crippen molar-refractivity contribution in [1.29, 1.82) is 0 Å². The quantitative estimate of drug-likeness (QED) is 0.705. The molecule has 4 rings (SSSR count). The van der Waals surface area contributed by atoms with Gasteiger partial charge in [0, 0.05) is 24.8 Å².